The Morgan fingerprint density at radius 2 is 1.73 bits per heavy atom. The van der Waals surface area contributed by atoms with Gasteiger partial charge < -0.3 is 4.90 Å². The van der Waals surface area contributed by atoms with E-state index in [1.54, 1.807) is 6.20 Å². The minimum Gasteiger partial charge on any atom is -0.352 e. The number of alkyl halides is 3. The molecule has 3 nitrogen and oxygen atoms in total. The third kappa shape index (κ3) is 3.80. The van der Waals surface area contributed by atoms with Crippen LogP contribution in [0, 0.1) is 19.7 Å². The van der Waals surface area contributed by atoms with E-state index in [1.807, 2.05) is 31.7 Å². The number of fused-ring (bicyclic) bond motifs is 1. The fourth-order valence-corrected chi connectivity index (χ4v) is 4.22. The summed E-state index contributed by atoms with van der Waals surface area (Å²) in [6.45, 7) is 7.86. The minimum atomic E-state index is -4.55. The van der Waals surface area contributed by atoms with Gasteiger partial charge in [-0.3, -0.25) is 9.98 Å². The molecule has 0 spiro atoms. The maximum absolute atomic E-state index is 14.2. The number of amidine groups is 1. The Balaban J connectivity index is 0.00000124. The molecule has 4 rings (SSSR count). The molecule has 0 radical (unpaired) electrons. The van der Waals surface area contributed by atoms with Gasteiger partial charge in [0, 0.05) is 31.4 Å². The summed E-state index contributed by atoms with van der Waals surface area (Å²) in [6.07, 6.45) is -3.07. The second-order valence-electron chi connectivity index (χ2n) is 7.53. The van der Waals surface area contributed by atoms with Gasteiger partial charge in [0.25, 0.3) is 0 Å². The number of pyridine rings is 1. The van der Waals surface area contributed by atoms with E-state index in [-0.39, 0.29) is 22.6 Å². The van der Waals surface area contributed by atoms with E-state index in [0.29, 0.717) is 18.9 Å². The van der Waals surface area contributed by atoms with Gasteiger partial charge in [-0.15, -0.1) is 0 Å². The Morgan fingerprint density at radius 3 is 2.37 bits per heavy atom. The highest BCUT2D eigenvalue weighted by atomic mass is 35.5. The molecule has 2 aromatic rings. The molecule has 1 aromatic carbocycles. The van der Waals surface area contributed by atoms with Crippen molar-refractivity contribution < 1.29 is 17.6 Å². The van der Waals surface area contributed by atoms with Crippen molar-refractivity contribution >= 4 is 17.4 Å². The Labute approximate surface area is 178 Å². The summed E-state index contributed by atoms with van der Waals surface area (Å²) in [5.74, 6) is -0.288. The molecule has 8 heteroatoms. The summed E-state index contributed by atoms with van der Waals surface area (Å²) >= 11 is 5.85. The smallest absolute Gasteiger partial charge is 0.352 e. The van der Waals surface area contributed by atoms with Gasteiger partial charge in [0.2, 0.25) is 0 Å². The van der Waals surface area contributed by atoms with Crippen LogP contribution >= 0.6 is 11.6 Å². The van der Waals surface area contributed by atoms with Crippen molar-refractivity contribution in [1.29, 1.82) is 0 Å². The van der Waals surface area contributed by atoms with E-state index < -0.39 is 24.0 Å². The number of aliphatic imine (C=N–C) groups is 1. The highest BCUT2D eigenvalue weighted by Crippen LogP contribution is 2.48. The summed E-state index contributed by atoms with van der Waals surface area (Å²) in [6, 6.07) is 4.27. The van der Waals surface area contributed by atoms with Gasteiger partial charge in [0.15, 0.2) is 0 Å². The standard InChI is InChI=1S/C20H18ClF4N3.C2H6/c1-11-3-15(5-16(21)18(11)22)19(20(23,24)25)6-17(27-10-19)28-8-13-4-12(2)26-7-14(13)9-28;1-2/h3-5,7H,6,8-10H2,1-2H3;1-2H3. The lowest BCUT2D eigenvalue weighted by molar-refractivity contribution is -0.184. The zero-order valence-electron chi connectivity index (χ0n) is 17.4. The maximum atomic E-state index is 14.2. The zero-order valence-corrected chi connectivity index (χ0v) is 18.1. The van der Waals surface area contributed by atoms with E-state index in [0.717, 1.165) is 22.9 Å². The van der Waals surface area contributed by atoms with Crippen LogP contribution in [-0.4, -0.2) is 28.4 Å². The molecule has 2 aliphatic heterocycles. The summed E-state index contributed by atoms with van der Waals surface area (Å²) < 4.78 is 56.5. The van der Waals surface area contributed by atoms with Crippen LogP contribution < -0.4 is 0 Å². The molecule has 0 fully saturated rings. The van der Waals surface area contributed by atoms with Crippen LogP contribution in [0.15, 0.2) is 29.4 Å². The first-order valence-corrected chi connectivity index (χ1v) is 10.2. The summed E-state index contributed by atoms with van der Waals surface area (Å²) in [7, 11) is 0. The van der Waals surface area contributed by atoms with Crippen LogP contribution in [0.1, 0.15) is 48.2 Å². The van der Waals surface area contributed by atoms with E-state index in [9.17, 15) is 17.6 Å². The second-order valence-corrected chi connectivity index (χ2v) is 7.94. The first-order valence-electron chi connectivity index (χ1n) is 9.86. The van der Waals surface area contributed by atoms with Crippen molar-refractivity contribution in [2.45, 2.75) is 58.8 Å². The number of rotatable bonds is 1. The topological polar surface area (TPSA) is 28.5 Å². The molecule has 1 aromatic heterocycles. The largest absolute Gasteiger partial charge is 0.400 e. The normalized spacial score (nSPS) is 20.6. The van der Waals surface area contributed by atoms with Gasteiger partial charge in [-0.25, -0.2) is 4.39 Å². The zero-order chi connectivity index (χ0) is 22.3. The van der Waals surface area contributed by atoms with Crippen LogP contribution in [-0.2, 0) is 18.5 Å². The second kappa shape index (κ2) is 8.17. The average molecular weight is 442 g/mol. The fourth-order valence-electron chi connectivity index (χ4n) is 3.95. The van der Waals surface area contributed by atoms with E-state index in [1.165, 1.54) is 13.0 Å². The van der Waals surface area contributed by atoms with E-state index >= 15 is 0 Å². The molecule has 30 heavy (non-hydrogen) atoms. The lowest BCUT2D eigenvalue weighted by atomic mass is 9.77. The van der Waals surface area contributed by atoms with E-state index in [2.05, 4.69) is 9.98 Å². The Hall–Kier alpha value is -2.15. The lowest BCUT2D eigenvalue weighted by Gasteiger charge is -2.32. The number of hydrogen-bond acceptors (Lipinski definition) is 3. The molecule has 1 unspecified atom stereocenters. The number of benzene rings is 1. The highest BCUT2D eigenvalue weighted by Gasteiger charge is 2.59. The van der Waals surface area contributed by atoms with Gasteiger partial charge in [0.1, 0.15) is 17.1 Å². The van der Waals surface area contributed by atoms with Crippen molar-refractivity contribution in [2.24, 2.45) is 4.99 Å². The van der Waals surface area contributed by atoms with Gasteiger partial charge >= 0.3 is 6.18 Å². The van der Waals surface area contributed by atoms with Crippen molar-refractivity contribution in [3.8, 4) is 0 Å². The van der Waals surface area contributed by atoms with Crippen LogP contribution in [0.25, 0.3) is 0 Å². The number of aromatic nitrogens is 1. The third-order valence-corrected chi connectivity index (χ3v) is 5.88. The molecular formula is C22H24ClF4N3. The molecular weight excluding hydrogens is 418 g/mol. The number of nitrogens with zero attached hydrogens (tertiary/aromatic N) is 3. The predicted octanol–water partition coefficient (Wildman–Crippen LogP) is 6.14. The van der Waals surface area contributed by atoms with Crippen LogP contribution in [0.3, 0.4) is 0 Å². The highest BCUT2D eigenvalue weighted by molar-refractivity contribution is 6.30. The molecule has 0 aliphatic carbocycles. The van der Waals surface area contributed by atoms with Crippen molar-refractivity contribution in [1.82, 2.24) is 9.88 Å². The number of halogens is 5. The minimum absolute atomic E-state index is 0.0446. The quantitative estimate of drug-likeness (QED) is 0.497. The summed E-state index contributed by atoms with van der Waals surface area (Å²) in [4.78, 5) is 10.4. The Kier molecular flexibility index (Phi) is 6.14. The van der Waals surface area contributed by atoms with Crippen LogP contribution in [0.5, 0.6) is 0 Å². The molecule has 162 valence electrons. The predicted molar refractivity (Wildman–Crippen MR) is 110 cm³/mol. The van der Waals surface area contributed by atoms with Gasteiger partial charge in [0.05, 0.1) is 11.6 Å². The van der Waals surface area contributed by atoms with Gasteiger partial charge in [-0.05, 0) is 48.2 Å². The first-order chi connectivity index (χ1) is 14.1. The van der Waals surface area contributed by atoms with Gasteiger partial charge in [-0.1, -0.05) is 31.5 Å². The molecule has 0 saturated heterocycles. The van der Waals surface area contributed by atoms with Gasteiger partial charge in [-0.2, -0.15) is 13.2 Å². The molecule has 0 amide bonds. The lowest BCUT2D eigenvalue weighted by Crippen LogP contribution is -2.45. The molecule has 3 heterocycles. The van der Waals surface area contributed by atoms with Crippen molar-refractivity contribution in [3.63, 3.8) is 0 Å². The molecule has 1 atom stereocenters. The Morgan fingerprint density at radius 1 is 1.07 bits per heavy atom. The monoisotopic (exact) mass is 441 g/mol. The van der Waals surface area contributed by atoms with Crippen molar-refractivity contribution in [2.75, 3.05) is 6.54 Å². The first kappa shape index (κ1) is 22.5. The molecule has 2 aliphatic rings. The number of hydrogen-bond donors (Lipinski definition) is 0. The van der Waals surface area contributed by atoms with E-state index in [4.69, 9.17) is 11.6 Å². The molecule has 0 bridgehead atoms. The maximum Gasteiger partial charge on any atom is 0.400 e. The van der Waals surface area contributed by atoms with Crippen LogP contribution in [0.2, 0.25) is 5.02 Å². The molecule has 0 saturated carbocycles. The third-order valence-electron chi connectivity index (χ3n) is 5.60. The average Bonchev–Trinajstić information content (AvgIpc) is 3.31. The Bertz CT molecular complexity index is 964. The molecule has 0 N–H and O–H groups in total. The fraction of sp³-hybridized carbons (Fsp3) is 0.455. The SMILES string of the molecule is CC.Cc1cc2c(cn1)CN(C1=NCC(c3cc(C)c(F)c(Cl)c3)(C(F)(F)F)C1)C2. The van der Waals surface area contributed by atoms with Crippen LogP contribution in [0.4, 0.5) is 17.6 Å². The number of aryl methyl sites for hydroxylation is 2. The van der Waals surface area contributed by atoms with Crippen molar-refractivity contribution in [3.05, 3.63) is 63.2 Å². The summed E-state index contributed by atoms with van der Waals surface area (Å²) in [5, 5.41) is -0.304. The summed E-state index contributed by atoms with van der Waals surface area (Å²) in [5.41, 5.74) is 0.772.